The number of hydrogen-bond acceptors (Lipinski definition) is 3. The molecule has 1 atom stereocenters. The SMILES string of the molecule is CC(CC(=O)Nc1ccc(-n2ccnc2)cc1)NC(=O)c1ccccc1. The van der Waals surface area contributed by atoms with Crippen LogP contribution in [-0.2, 0) is 4.79 Å². The standard InChI is InChI=1S/C20H20N4O2/c1-15(22-20(26)16-5-3-2-4-6-16)13-19(25)23-17-7-9-18(10-8-17)24-12-11-21-14-24/h2-12,14-15H,13H2,1H3,(H,22,26)(H,23,25). The number of carbonyl (C=O) groups is 2. The zero-order valence-corrected chi connectivity index (χ0v) is 14.4. The lowest BCUT2D eigenvalue weighted by molar-refractivity contribution is -0.116. The molecule has 0 bridgehead atoms. The number of nitrogens with zero attached hydrogens (tertiary/aromatic N) is 2. The molecule has 1 heterocycles. The molecule has 26 heavy (non-hydrogen) atoms. The Hall–Kier alpha value is -3.41. The molecule has 0 aliphatic carbocycles. The zero-order chi connectivity index (χ0) is 18.4. The highest BCUT2D eigenvalue weighted by Crippen LogP contribution is 2.13. The van der Waals surface area contributed by atoms with Gasteiger partial charge in [0.05, 0.1) is 6.33 Å². The van der Waals surface area contributed by atoms with Crippen LogP contribution in [0.3, 0.4) is 0 Å². The Morgan fingerprint density at radius 1 is 1.08 bits per heavy atom. The van der Waals surface area contributed by atoms with Crippen LogP contribution in [0.25, 0.3) is 5.69 Å². The number of rotatable bonds is 6. The second kappa shape index (κ2) is 8.11. The second-order valence-corrected chi connectivity index (χ2v) is 6.01. The molecule has 6 heteroatoms. The van der Waals surface area contributed by atoms with Gasteiger partial charge in [0.25, 0.3) is 5.91 Å². The van der Waals surface area contributed by atoms with Crippen LogP contribution in [0.15, 0.2) is 73.3 Å². The lowest BCUT2D eigenvalue weighted by Gasteiger charge is -2.14. The number of aromatic nitrogens is 2. The molecule has 2 amide bonds. The number of carbonyl (C=O) groups excluding carboxylic acids is 2. The van der Waals surface area contributed by atoms with Crippen LogP contribution in [0.1, 0.15) is 23.7 Å². The third-order valence-electron chi connectivity index (χ3n) is 3.86. The van der Waals surface area contributed by atoms with Crippen LogP contribution in [0.2, 0.25) is 0 Å². The molecule has 2 N–H and O–H groups in total. The van der Waals surface area contributed by atoms with Gasteiger partial charge in [0, 0.05) is 41.8 Å². The van der Waals surface area contributed by atoms with Gasteiger partial charge >= 0.3 is 0 Å². The van der Waals surface area contributed by atoms with E-state index in [0.717, 1.165) is 5.69 Å². The minimum atomic E-state index is -0.270. The normalized spacial score (nSPS) is 11.6. The third-order valence-corrected chi connectivity index (χ3v) is 3.86. The van der Waals surface area contributed by atoms with Crippen molar-refractivity contribution in [3.63, 3.8) is 0 Å². The van der Waals surface area contributed by atoms with E-state index in [1.165, 1.54) is 0 Å². The first-order valence-corrected chi connectivity index (χ1v) is 8.36. The van der Waals surface area contributed by atoms with Crippen LogP contribution >= 0.6 is 0 Å². The Kier molecular flexibility index (Phi) is 5.43. The van der Waals surface area contributed by atoms with Crippen LogP contribution in [-0.4, -0.2) is 27.4 Å². The van der Waals surface area contributed by atoms with Gasteiger partial charge in [-0.05, 0) is 43.3 Å². The molecule has 1 unspecified atom stereocenters. The van der Waals surface area contributed by atoms with Crippen LogP contribution in [0.5, 0.6) is 0 Å². The average Bonchev–Trinajstić information content (AvgIpc) is 3.17. The lowest BCUT2D eigenvalue weighted by atomic mass is 10.1. The third kappa shape index (κ3) is 4.57. The Bertz CT molecular complexity index is 859. The van der Waals surface area contributed by atoms with E-state index in [4.69, 9.17) is 0 Å². The van der Waals surface area contributed by atoms with E-state index in [0.29, 0.717) is 11.3 Å². The predicted octanol–water partition coefficient (Wildman–Crippen LogP) is 3.02. The van der Waals surface area contributed by atoms with Gasteiger partial charge in [-0.25, -0.2) is 4.98 Å². The molecule has 0 spiro atoms. The first-order chi connectivity index (χ1) is 12.6. The molecule has 0 fully saturated rings. The monoisotopic (exact) mass is 348 g/mol. The van der Waals surface area contributed by atoms with E-state index >= 15 is 0 Å². The van der Waals surface area contributed by atoms with Crippen molar-refractivity contribution in [2.24, 2.45) is 0 Å². The molecule has 0 aliphatic heterocycles. The smallest absolute Gasteiger partial charge is 0.251 e. The zero-order valence-electron chi connectivity index (χ0n) is 14.4. The van der Waals surface area contributed by atoms with E-state index in [2.05, 4.69) is 15.6 Å². The van der Waals surface area contributed by atoms with Gasteiger partial charge in [0.2, 0.25) is 5.91 Å². The summed E-state index contributed by atoms with van der Waals surface area (Å²) in [6.07, 6.45) is 5.47. The van der Waals surface area contributed by atoms with Crippen molar-refractivity contribution in [3.8, 4) is 5.69 Å². The summed E-state index contributed by atoms with van der Waals surface area (Å²) >= 11 is 0. The van der Waals surface area contributed by atoms with Crippen molar-refractivity contribution in [1.29, 1.82) is 0 Å². The fraction of sp³-hybridized carbons (Fsp3) is 0.150. The summed E-state index contributed by atoms with van der Waals surface area (Å²) in [7, 11) is 0. The fourth-order valence-corrected chi connectivity index (χ4v) is 2.57. The summed E-state index contributed by atoms with van der Waals surface area (Å²) in [5, 5.41) is 5.67. The highest BCUT2D eigenvalue weighted by Gasteiger charge is 2.13. The van der Waals surface area contributed by atoms with Gasteiger partial charge in [-0.2, -0.15) is 0 Å². The molecule has 3 aromatic rings. The quantitative estimate of drug-likeness (QED) is 0.719. The van der Waals surface area contributed by atoms with Crippen molar-refractivity contribution in [2.75, 3.05) is 5.32 Å². The van der Waals surface area contributed by atoms with E-state index in [1.54, 1.807) is 36.8 Å². The molecule has 6 nitrogen and oxygen atoms in total. The van der Waals surface area contributed by atoms with E-state index in [-0.39, 0.29) is 24.3 Å². The summed E-state index contributed by atoms with van der Waals surface area (Å²) in [5.41, 5.74) is 2.25. The number of anilines is 1. The molecule has 2 aromatic carbocycles. The number of hydrogen-bond donors (Lipinski definition) is 2. The van der Waals surface area contributed by atoms with Crippen molar-refractivity contribution in [3.05, 3.63) is 78.9 Å². The number of nitrogens with one attached hydrogen (secondary N) is 2. The van der Waals surface area contributed by atoms with Crippen molar-refractivity contribution >= 4 is 17.5 Å². The maximum atomic E-state index is 12.2. The van der Waals surface area contributed by atoms with Crippen molar-refractivity contribution < 1.29 is 9.59 Å². The Morgan fingerprint density at radius 2 is 1.81 bits per heavy atom. The topological polar surface area (TPSA) is 76.0 Å². The molecule has 3 rings (SSSR count). The van der Waals surface area contributed by atoms with Gasteiger partial charge in [-0.1, -0.05) is 18.2 Å². The molecular weight excluding hydrogens is 328 g/mol. The van der Waals surface area contributed by atoms with E-state index in [1.807, 2.05) is 48.0 Å². The minimum absolute atomic E-state index is 0.152. The van der Waals surface area contributed by atoms with Gasteiger partial charge < -0.3 is 15.2 Å². The lowest BCUT2D eigenvalue weighted by Crippen LogP contribution is -2.35. The average molecular weight is 348 g/mol. The number of imidazole rings is 1. The largest absolute Gasteiger partial charge is 0.349 e. The summed E-state index contributed by atoms with van der Waals surface area (Å²) in [4.78, 5) is 28.3. The fourth-order valence-electron chi connectivity index (χ4n) is 2.57. The highest BCUT2D eigenvalue weighted by atomic mass is 16.2. The summed E-state index contributed by atoms with van der Waals surface area (Å²) in [5.74, 6) is -0.336. The van der Waals surface area contributed by atoms with Crippen molar-refractivity contribution in [1.82, 2.24) is 14.9 Å². The molecular formula is C20H20N4O2. The summed E-state index contributed by atoms with van der Waals surface area (Å²) in [6, 6.07) is 16.1. The van der Waals surface area contributed by atoms with Crippen LogP contribution in [0, 0.1) is 0 Å². The van der Waals surface area contributed by atoms with Crippen LogP contribution < -0.4 is 10.6 Å². The maximum Gasteiger partial charge on any atom is 0.251 e. The van der Waals surface area contributed by atoms with E-state index in [9.17, 15) is 9.59 Å². The number of benzene rings is 2. The first kappa shape index (κ1) is 17.4. The predicted molar refractivity (Wildman–Crippen MR) is 100 cm³/mol. The van der Waals surface area contributed by atoms with E-state index < -0.39 is 0 Å². The van der Waals surface area contributed by atoms with Crippen molar-refractivity contribution in [2.45, 2.75) is 19.4 Å². The maximum absolute atomic E-state index is 12.2. The highest BCUT2D eigenvalue weighted by molar-refractivity contribution is 5.95. The molecule has 132 valence electrons. The second-order valence-electron chi connectivity index (χ2n) is 6.01. The molecule has 0 saturated carbocycles. The first-order valence-electron chi connectivity index (χ1n) is 8.36. The minimum Gasteiger partial charge on any atom is -0.349 e. The van der Waals surface area contributed by atoms with Gasteiger partial charge in [-0.3, -0.25) is 9.59 Å². The summed E-state index contributed by atoms with van der Waals surface area (Å²) in [6.45, 7) is 1.81. The van der Waals surface area contributed by atoms with Gasteiger partial charge in [0.15, 0.2) is 0 Å². The Balaban J connectivity index is 1.51. The Morgan fingerprint density at radius 3 is 2.46 bits per heavy atom. The van der Waals surface area contributed by atoms with Gasteiger partial charge in [0.1, 0.15) is 0 Å². The molecule has 0 aliphatic rings. The summed E-state index contributed by atoms with van der Waals surface area (Å²) < 4.78 is 1.88. The van der Waals surface area contributed by atoms with Crippen LogP contribution in [0.4, 0.5) is 5.69 Å². The molecule has 0 radical (unpaired) electrons. The van der Waals surface area contributed by atoms with Gasteiger partial charge in [-0.15, -0.1) is 0 Å². The molecule has 1 aromatic heterocycles. The number of amides is 2. The molecule has 0 saturated heterocycles. The Labute approximate surface area is 151 Å².